The molecule has 1 fully saturated rings. The number of nitrogens with zero attached hydrogens (tertiary/aromatic N) is 1. The number of carbonyl (C=O) groups is 1. The summed E-state index contributed by atoms with van der Waals surface area (Å²) in [6.45, 7) is 2.81. The zero-order chi connectivity index (χ0) is 15.4. The van der Waals surface area contributed by atoms with Crippen LogP contribution in [0.5, 0.6) is 0 Å². The van der Waals surface area contributed by atoms with Crippen molar-refractivity contribution in [2.75, 3.05) is 12.3 Å². The maximum atomic E-state index is 12.2. The fourth-order valence-electron chi connectivity index (χ4n) is 2.76. The number of hydrogen-bond donors (Lipinski definition) is 2. The molecule has 1 saturated carbocycles. The summed E-state index contributed by atoms with van der Waals surface area (Å²) in [5, 5.41) is 13.8. The number of anilines is 1. The Morgan fingerprint density at radius 1 is 1.38 bits per heavy atom. The maximum Gasteiger partial charge on any atom is 0.282 e. The minimum absolute atomic E-state index is 0.0316. The number of nitrogens with two attached hydrogens (primary N) is 1. The maximum absolute atomic E-state index is 12.2. The van der Waals surface area contributed by atoms with E-state index in [1.807, 2.05) is 0 Å². The molecule has 1 aromatic rings. The molecule has 1 amide bonds. The van der Waals surface area contributed by atoms with E-state index in [0.717, 1.165) is 18.8 Å². The van der Waals surface area contributed by atoms with Crippen LogP contribution in [0.4, 0.5) is 11.4 Å². The van der Waals surface area contributed by atoms with Crippen molar-refractivity contribution in [1.29, 1.82) is 0 Å². The first-order valence-electron chi connectivity index (χ1n) is 7.29. The van der Waals surface area contributed by atoms with Crippen molar-refractivity contribution in [3.63, 3.8) is 0 Å². The van der Waals surface area contributed by atoms with Gasteiger partial charge in [-0.25, -0.2) is 0 Å². The van der Waals surface area contributed by atoms with Crippen LogP contribution in [0, 0.1) is 22.0 Å². The summed E-state index contributed by atoms with van der Waals surface area (Å²) in [5.41, 5.74) is 5.78. The highest BCUT2D eigenvalue weighted by atomic mass is 16.6. The molecule has 21 heavy (non-hydrogen) atoms. The van der Waals surface area contributed by atoms with Gasteiger partial charge in [0.05, 0.1) is 4.92 Å². The molecular formula is C15H21N3O3. The van der Waals surface area contributed by atoms with Gasteiger partial charge in [-0.1, -0.05) is 19.8 Å². The van der Waals surface area contributed by atoms with Gasteiger partial charge in [0, 0.05) is 18.3 Å². The fourth-order valence-corrected chi connectivity index (χ4v) is 2.76. The second-order valence-corrected chi connectivity index (χ2v) is 5.87. The molecule has 0 bridgehead atoms. The third-order valence-electron chi connectivity index (χ3n) is 4.15. The van der Waals surface area contributed by atoms with Crippen LogP contribution in [0.25, 0.3) is 0 Å². The first kappa shape index (κ1) is 15.3. The van der Waals surface area contributed by atoms with Crippen LogP contribution in [-0.2, 0) is 0 Å². The molecule has 0 unspecified atom stereocenters. The van der Waals surface area contributed by atoms with E-state index in [2.05, 4.69) is 12.2 Å². The van der Waals surface area contributed by atoms with E-state index in [-0.39, 0.29) is 11.3 Å². The zero-order valence-corrected chi connectivity index (χ0v) is 12.2. The van der Waals surface area contributed by atoms with Crippen LogP contribution in [0.3, 0.4) is 0 Å². The minimum Gasteiger partial charge on any atom is -0.399 e. The van der Waals surface area contributed by atoms with Gasteiger partial charge in [0.2, 0.25) is 0 Å². The molecular weight excluding hydrogens is 270 g/mol. The number of nitrogens with one attached hydrogen (secondary N) is 1. The van der Waals surface area contributed by atoms with Crippen molar-refractivity contribution >= 4 is 17.3 Å². The summed E-state index contributed by atoms with van der Waals surface area (Å²) in [6.07, 6.45) is 4.55. The lowest BCUT2D eigenvalue weighted by Crippen LogP contribution is -2.31. The first-order chi connectivity index (χ1) is 9.97. The average Bonchev–Trinajstić information content (AvgIpc) is 2.46. The molecule has 1 aromatic carbocycles. The Morgan fingerprint density at radius 3 is 2.67 bits per heavy atom. The van der Waals surface area contributed by atoms with Crippen LogP contribution in [-0.4, -0.2) is 17.4 Å². The molecule has 1 aliphatic carbocycles. The topological polar surface area (TPSA) is 98.3 Å². The molecule has 6 nitrogen and oxygen atoms in total. The van der Waals surface area contributed by atoms with Crippen molar-refractivity contribution in [2.45, 2.75) is 32.6 Å². The monoisotopic (exact) mass is 291 g/mol. The van der Waals surface area contributed by atoms with E-state index >= 15 is 0 Å². The van der Waals surface area contributed by atoms with Crippen molar-refractivity contribution in [3.8, 4) is 0 Å². The summed E-state index contributed by atoms with van der Waals surface area (Å²) >= 11 is 0. The SMILES string of the molecule is CC1CCC(CNC(=O)c2cc(N)ccc2[N+](=O)[O-])CC1. The molecule has 0 saturated heterocycles. The van der Waals surface area contributed by atoms with E-state index in [1.165, 1.54) is 31.0 Å². The van der Waals surface area contributed by atoms with Crippen molar-refractivity contribution in [2.24, 2.45) is 11.8 Å². The van der Waals surface area contributed by atoms with Gasteiger partial charge in [0.15, 0.2) is 0 Å². The van der Waals surface area contributed by atoms with Gasteiger partial charge < -0.3 is 11.1 Å². The van der Waals surface area contributed by atoms with Crippen molar-refractivity contribution in [1.82, 2.24) is 5.32 Å². The van der Waals surface area contributed by atoms with Crippen LogP contribution in [0.1, 0.15) is 43.0 Å². The summed E-state index contributed by atoms with van der Waals surface area (Å²) in [6, 6.07) is 4.06. The Hall–Kier alpha value is -2.11. The predicted molar refractivity (Wildman–Crippen MR) is 81.0 cm³/mol. The van der Waals surface area contributed by atoms with Gasteiger partial charge in [-0.05, 0) is 36.8 Å². The molecule has 0 radical (unpaired) electrons. The molecule has 0 heterocycles. The molecule has 0 spiro atoms. The van der Waals surface area contributed by atoms with Crippen LogP contribution in [0.2, 0.25) is 0 Å². The number of rotatable bonds is 4. The number of carbonyl (C=O) groups excluding carboxylic acids is 1. The molecule has 3 N–H and O–H groups in total. The number of nitro groups is 1. The summed E-state index contributed by atoms with van der Waals surface area (Å²) in [5.74, 6) is 0.796. The summed E-state index contributed by atoms with van der Waals surface area (Å²) in [7, 11) is 0. The lowest BCUT2D eigenvalue weighted by molar-refractivity contribution is -0.385. The lowest BCUT2D eigenvalue weighted by atomic mass is 9.83. The normalized spacial score (nSPS) is 21.8. The molecule has 2 rings (SSSR count). The van der Waals surface area contributed by atoms with E-state index in [9.17, 15) is 14.9 Å². The largest absolute Gasteiger partial charge is 0.399 e. The van der Waals surface area contributed by atoms with Gasteiger partial charge in [0.1, 0.15) is 5.56 Å². The summed E-state index contributed by atoms with van der Waals surface area (Å²) < 4.78 is 0. The highest BCUT2D eigenvalue weighted by molar-refractivity contribution is 5.99. The van der Waals surface area contributed by atoms with Gasteiger partial charge in [-0.3, -0.25) is 14.9 Å². The summed E-state index contributed by atoms with van der Waals surface area (Å²) in [4.78, 5) is 22.6. The van der Waals surface area contributed by atoms with Gasteiger partial charge in [-0.2, -0.15) is 0 Å². The van der Waals surface area contributed by atoms with Crippen molar-refractivity contribution < 1.29 is 9.72 Å². The van der Waals surface area contributed by atoms with E-state index in [4.69, 9.17) is 5.73 Å². The third-order valence-corrected chi connectivity index (χ3v) is 4.15. The van der Waals surface area contributed by atoms with Gasteiger partial charge in [0.25, 0.3) is 11.6 Å². The Morgan fingerprint density at radius 2 is 2.05 bits per heavy atom. The zero-order valence-electron chi connectivity index (χ0n) is 12.2. The van der Waals surface area contributed by atoms with Gasteiger partial charge in [-0.15, -0.1) is 0 Å². The first-order valence-corrected chi connectivity index (χ1v) is 7.29. The highest BCUT2D eigenvalue weighted by Gasteiger charge is 2.22. The van der Waals surface area contributed by atoms with Crippen LogP contribution >= 0.6 is 0 Å². The van der Waals surface area contributed by atoms with E-state index in [1.54, 1.807) is 0 Å². The molecule has 0 aliphatic heterocycles. The number of benzene rings is 1. The molecule has 0 atom stereocenters. The Balaban J connectivity index is 2.00. The second kappa shape index (κ2) is 6.56. The Labute approximate surface area is 123 Å². The third kappa shape index (κ3) is 3.93. The number of nitrogen functional groups attached to an aromatic ring is 1. The Bertz CT molecular complexity index is 537. The second-order valence-electron chi connectivity index (χ2n) is 5.87. The average molecular weight is 291 g/mol. The molecule has 1 aliphatic rings. The lowest BCUT2D eigenvalue weighted by Gasteiger charge is -2.26. The number of amides is 1. The van der Waals surface area contributed by atoms with E-state index in [0.29, 0.717) is 18.2 Å². The molecule has 6 heteroatoms. The number of hydrogen-bond acceptors (Lipinski definition) is 4. The quantitative estimate of drug-likeness (QED) is 0.506. The minimum atomic E-state index is -0.559. The standard InChI is InChI=1S/C15H21N3O3/c1-10-2-4-11(5-3-10)9-17-15(19)13-8-12(16)6-7-14(13)18(20)21/h6-8,10-11H,2-5,9,16H2,1H3,(H,17,19). The highest BCUT2D eigenvalue weighted by Crippen LogP contribution is 2.28. The fraction of sp³-hybridized carbons (Fsp3) is 0.533. The van der Waals surface area contributed by atoms with Gasteiger partial charge >= 0.3 is 0 Å². The van der Waals surface area contributed by atoms with Crippen LogP contribution < -0.4 is 11.1 Å². The molecule has 0 aromatic heterocycles. The van der Waals surface area contributed by atoms with Crippen molar-refractivity contribution in [3.05, 3.63) is 33.9 Å². The molecule has 114 valence electrons. The number of nitro benzene ring substituents is 1. The van der Waals surface area contributed by atoms with Crippen LogP contribution in [0.15, 0.2) is 18.2 Å². The predicted octanol–water partition coefficient (Wildman–Crippen LogP) is 2.73. The Kier molecular flexibility index (Phi) is 4.77. The van der Waals surface area contributed by atoms with E-state index < -0.39 is 10.8 Å². The smallest absolute Gasteiger partial charge is 0.282 e.